The molecule has 2 heterocycles. The smallest absolute Gasteiger partial charge is 0.342 e. The number of fused-ring (bicyclic) bond motifs is 3. The van der Waals surface area contributed by atoms with Gasteiger partial charge in [0.2, 0.25) is 0 Å². The number of aromatic amines is 1. The topological polar surface area (TPSA) is 72.6 Å². The van der Waals surface area contributed by atoms with Crippen LogP contribution in [0.1, 0.15) is 33.2 Å². The van der Waals surface area contributed by atoms with E-state index in [1.807, 2.05) is 24.3 Å². The lowest BCUT2D eigenvalue weighted by Crippen LogP contribution is -2.31. The summed E-state index contributed by atoms with van der Waals surface area (Å²) >= 11 is 0. The van der Waals surface area contributed by atoms with Gasteiger partial charge >= 0.3 is 5.97 Å². The molecule has 0 radical (unpaired) electrons. The zero-order valence-corrected chi connectivity index (χ0v) is 15.6. The maximum atomic E-state index is 12.6. The van der Waals surface area contributed by atoms with Gasteiger partial charge in [0.05, 0.1) is 27.4 Å². The minimum Gasteiger partial charge on any atom is -0.493 e. The number of para-hydroxylation sites is 1. The number of hydrogen-bond acceptors (Lipinski definition) is 5. The Hall–Kier alpha value is -2.99. The van der Waals surface area contributed by atoms with Crippen LogP contribution in [-0.2, 0) is 11.2 Å². The van der Waals surface area contributed by atoms with Crippen molar-refractivity contribution in [2.24, 2.45) is 0 Å². The quantitative estimate of drug-likeness (QED) is 0.694. The Kier molecular flexibility index (Phi) is 4.49. The third-order valence-electron chi connectivity index (χ3n) is 5.14. The van der Waals surface area contributed by atoms with E-state index in [1.165, 1.54) is 25.2 Å². The van der Waals surface area contributed by atoms with Gasteiger partial charge in [0, 0.05) is 23.1 Å². The van der Waals surface area contributed by atoms with Gasteiger partial charge in [-0.25, -0.2) is 4.79 Å². The average molecular weight is 366 g/mol. The minimum atomic E-state index is -0.453. The predicted molar refractivity (Wildman–Crippen MR) is 103 cm³/mol. The number of aromatic nitrogens is 1. The van der Waals surface area contributed by atoms with Crippen molar-refractivity contribution in [3.8, 4) is 11.5 Å². The molecule has 1 aromatic heterocycles. The van der Waals surface area contributed by atoms with E-state index in [1.54, 1.807) is 7.11 Å². The number of esters is 1. The summed E-state index contributed by atoms with van der Waals surface area (Å²) in [6.07, 6.45) is 0.927. The second-order valence-electron chi connectivity index (χ2n) is 6.46. The first-order valence-corrected chi connectivity index (χ1v) is 8.85. The van der Waals surface area contributed by atoms with Gasteiger partial charge in [-0.1, -0.05) is 24.3 Å². The van der Waals surface area contributed by atoms with Crippen molar-refractivity contribution in [1.29, 1.82) is 0 Å². The summed E-state index contributed by atoms with van der Waals surface area (Å²) in [6.45, 7) is 0.814. The third-order valence-corrected chi connectivity index (χ3v) is 5.14. The Balaban J connectivity index is 1.94. The zero-order valence-electron chi connectivity index (χ0n) is 15.6. The molecule has 6 heteroatoms. The van der Waals surface area contributed by atoms with Crippen molar-refractivity contribution >= 4 is 16.9 Å². The molecule has 0 spiro atoms. The molecule has 1 unspecified atom stereocenters. The summed E-state index contributed by atoms with van der Waals surface area (Å²) in [4.78, 5) is 16.1. The molecule has 0 amide bonds. The van der Waals surface area contributed by atoms with E-state index in [0.717, 1.165) is 29.7 Å². The van der Waals surface area contributed by atoms with Crippen molar-refractivity contribution < 1.29 is 19.0 Å². The summed E-state index contributed by atoms with van der Waals surface area (Å²) < 4.78 is 15.9. The van der Waals surface area contributed by atoms with Crippen LogP contribution >= 0.6 is 0 Å². The van der Waals surface area contributed by atoms with E-state index in [9.17, 15) is 4.79 Å². The van der Waals surface area contributed by atoms with Crippen LogP contribution in [0.4, 0.5) is 0 Å². The highest BCUT2D eigenvalue weighted by Crippen LogP contribution is 2.40. The maximum Gasteiger partial charge on any atom is 0.342 e. The van der Waals surface area contributed by atoms with Crippen LogP contribution in [0.5, 0.6) is 11.5 Å². The second-order valence-corrected chi connectivity index (χ2v) is 6.46. The summed E-state index contributed by atoms with van der Waals surface area (Å²) in [5.74, 6) is 0.423. The van der Waals surface area contributed by atoms with E-state index in [2.05, 4.69) is 22.4 Å². The molecule has 0 saturated carbocycles. The van der Waals surface area contributed by atoms with Gasteiger partial charge in [-0.2, -0.15) is 0 Å². The number of ether oxygens (including phenoxy) is 3. The van der Waals surface area contributed by atoms with E-state index >= 15 is 0 Å². The van der Waals surface area contributed by atoms with Crippen LogP contribution in [0.2, 0.25) is 0 Å². The molecule has 1 atom stereocenters. The summed E-state index contributed by atoms with van der Waals surface area (Å²) in [5, 5.41) is 4.75. The highest BCUT2D eigenvalue weighted by Gasteiger charge is 2.31. The number of carbonyl (C=O) groups is 1. The third kappa shape index (κ3) is 2.73. The lowest BCUT2D eigenvalue weighted by atomic mass is 9.91. The zero-order chi connectivity index (χ0) is 19.0. The Morgan fingerprint density at radius 3 is 2.63 bits per heavy atom. The number of hydrogen-bond donors (Lipinski definition) is 2. The molecule has 1 aliphatic rings. The molecule has 2 N–H and O–H groups in total. The molecule has 140 valence electrons. The molecule has 0 fully saturated rings. The molecule has 2 aromatic carbocycles. The fraction of sp³-hybridized carbons (Fsp3) is 0.286. The number of benzene rings is 2. The Morgan fingerprint density at radius 2 is 1.89 bits per heavy atom. The van der Waals surface area contributed by atoms with Crippen LogP contribution in [-0.4, -0.2) is 38.8 Å². The summed E-state index contributed by atoms with van der Waals surface area (Å²) in [6, 6.07) is 11.8. The molecule has 0 bridgehead atoms. The van der Waals surface area contributed by atoms with E-state index < -0.39 is 5.97 Å². The van der Waals surface area contributed by atoms with E-state index in [4.69, 9.17) is 14.2 Å². The fourth-order valence-electron chi connectivity index (χ4n) is 3.94. The Labute approximate surface area is 157 Å². The van der Waals surface area contributed by atoms with Gasteiger partial charge in [-0.05, 0) is 29.7 Å². The van der Waals surface area contributed by atoms with Crippen molar-refractivity contribution in [3.05, 3.63) is 58.8 Å². The van der Waals surface area contributed by atoms with Gasteiger partial charge in [0.25, 0.3) is 0 Å². The Morgan fingerprint density at radius 1 is 1.07 bits per heavy atom. The van der Waals surface area contributed by atoms with Crippen molar-refractivity contribution in [3.63, 3.8) is 0 Å². The molecular formula is C21H22N2O4. The van der Waals surface area contributed by atoms with E-state index in [-0.39, 0.29) is 6.04 Å². The monoisotopic (exact) mass is 366 g/mol. The van der Waals surface area contributed by atoms with Gasteiger partial charge in [0.15, 0.2) is 11.5 Å². The SMILES string of the molecule is COC(=O)c1c(C2NCCc3c2[nH]c2ccccc32)ccc(OC)c1OC. The molecule has 4 rings (SSSR count). The standard InChI is InChI=1S/C21H22N2O4/c1-25-16-9-8-14(17(20(16)26-2)21(24)27-3)18-19-13(10-11-22-18)12-6-4-5-7-15(12)23-19/h4-9,18,22-23H,10-11H2,1-3H3. The maximum absolute atomic E-state index is 12.6. The predicted octanol–water partition coefficient (Wildman–Crippen LogP) is 3.21. The number of rotatable bonds is 4. The van der Waals surface area contributed by atoms with Gasteiger partial charge < -0.3 is 24.5 Å². The van der Waals surface area contributed by atoms with Crippen molar-refractivity contribution in [2.45, 2.75) is 12.5 Å². The van der Waals surface area contributed by atoms with Crippen LogP contribution in [0.25, 0.3) is 10.9 Å². The lowest BCUT2D eigenvalue weighted by molar-refractivity contribution is 0.0594. The summed E-state index contributed by atoms with van der Waals surface area (Å²) in [7, 11) is 4.44. The van der Waals surface area contributed by atoms with Crippen molar-refractivity contribution in [2.75, 3.05) is 27.9 Å². The molecular weight excluding hydrogens is 344 g/mol. The first-order chi connectivity index (χ1) is 13.2. The molecule has 0 aliphatic carbocycles. The Bertz CT molecular complexity index is 1010. The second kappa shape index (κ2) is 6.96. The molecule has 27 heavy (non-hydrogen) atoms. The number of methoxy groups -OCH3 is 3. The van der Waals surface area contributed by atoms with Crippen molar-refractivity contribution in [1.82, 2.24) is 10.3 Å². The normalized spacial score (nSPS) is 16.0. The fourth-order valence-corrected chi connectivity index (χ4v) is 3.94. The average Bonchev–Trinajstić information content (AvgIpc) is 3.10. The van der Waals surface area contributed by atoms with Crippen LogP contribution in [0.15, 0.2) is 36.4 Å². The number of nitrogens with one attached hydrogen (secondary N) is 2. The van der Waals surface area contributed by atoms with E-state index in [0.29, 0.717) is 17.1 Å². The lowest BCUT2D eigenvalue weighted by Gasteiger charge is -2.27. The molecule has 1 aliphatic heterocycles. The van der Waals surface area contributed by atoms with Crippen LogP contribution in [0.3, 0.4) is 0 Å². The van der Waals surface area contributed by atoms with Gasteiger partial charge in [-0.3, -0.25) is 0 Å². The summed E-state index contributed by atoms with van der Waals surface area (Å²) in [5.41, 5.74) is 4.62. The van der Waals surface area contributed by atoms with Gasteiger partial charge in [-0.15, -0.1) is 0 Å². The van der Waals surface area contributed by atoms with Gasteiger partial charge in [0.1, 0.15) is 5.56 Å². The molecule has 0 saturated heterocycles. The van der Waals surface area contributed by atoms with Crippen LogP contribution in [0, 0.1) is 0 Å². The first-order valence-electron chi connectivity index (χ1n) is 8.85. The highest BCUT2D eigenvalue weighted by molar-refractivity contribution is 5.96. The molecule has 3 aromatic rings. The first kappa shape index (κ1) is 17.4. The van der Waals surface area contributed by atoms with Crippen LogP contribution < -0.4 is 14.8 Å². The highest BCUT2D eigenvalue weighted by atomic mass is 16.5. The number of carbonyl (C=O) groups excluding carboxylic acids is 1. The largest absolute Gasteiger partial charge is 0.493 e. The minimum absolute atomic E-state index is 0.171. The molecule has 6 nitrogen and oxygen atoms in total. The number of H-pyrrole nitrogens is 1.